The molecule has 20 heavy (non-hydrogen) atoms. The molecule has 2 atom stereocenters. The van der Waals surface area contributed by atoms with Gasteiger partial charge in [-0.15, -0.1) is 0 Å². The maximum atomic E-state index is 13.3. The van der Waals surface area contributed by atoms with Gasteiger partial charge in [0.25, 0.3) is 0 Å². The fourth-order valence-corrected chi connectivity index (χ4v) is 2.39. The van der Waals surface area contributed by atoms with E-state index >= 15 is 0 Å². The molecule has 0 aliphatic heterocycles. The number of urea groups is 1. The van der Waals surface area contributed by atoms with E-state index < -0.39 is 12.0 Å². The van der Waals surface area contributed by atoms with E-state index in [9.17, 15) is 14.0 Å². The highest BCUT2D eigenvalue weighted by molar-refractivity contribution is 5.75. The zero-order valence-electron chi connectivity index (χ0n) is 10.9. The molecule has 1 saturated carbocycles. The van der Waals surface area contributed by atoms with Gasteiger partial charge in [0.05, 0.1) is 5.92 Å². The Balaban J connectivity index is 1.77. The van der Waals surface area contributed by atoms with Gasteiger partial charge in [0.15, 0.2) is 0 Å². The summed E-state index contributed by atoms with van der Waals surface area (Å²) in [6, 6.07) is 5.70. The summed E-state index contributed by atoms with van der Waals surface area (Å²) in [6.07, 6.45) is 1.68. The first kappa shape index (κ1) is 14.3. The Hall–Kier alpha value is -2.11. The molecular weight excluding hydrogens is 263 g/mol. The molecule has 2 amide bonds. The van der Waals surface area contributed by atoms with Crippen LogP contribution in [0.2, 0.25) is 0 Å². The zero-order chi connectivity index (χ0) is 14.5. The van der Waals surface area contributed by atoms with Gasteiger partial charge in [-0.05, 0) is 25.3 Å². The van der Waals surface area contributed by atoms with Crippen LogP contribution in [0.15, 0.2) is 24.3 Å². The number of hydrogen-bond donors (Lipinski definition) is 3. The quantitative estimate of drug-likeness (QED) is 0.788. The minimum atomic E-state index is -0.818. The number of carboxylic acids is 1. The highest BCUT2D eigenvalue weighted by Crippen LogP contribution is 2.25. The lowest BCUT2D eigenvalue weighted by atomic mass is 10.1. The van der Waals surface area contributed by atoms with Crippen molar-refractivity contribution < 1.29 is 19.1 Å². The Kier molecular flexibility index (Phi) is 4.55. The van der Waals surface area contributed by atoms with Crippen molar-refractivity contribution in [2.45, 2.75) is 31.8 Å². The van der Waals surface area contributed by atoms with E-state index in [4.69, 9.17) is 5.11 Å². The van der Waals surface area contributed by atoms with Gasteiger partial charge in [-0.2, -0.15) is 0 Å². The van der Waals surface area contributed by atoms with Crippen molar-refractivity contribution in [1.29, 1.82) is 0 Å². The second-order valence-corrected chi connectivity index (χ2v) is 4.96. The minimum Gasteiger partial charge on any atom is -0.481 e. The molecule has 0 aromatic heterocycles. The molecule has 3 N–H and O–H groups in total. The summed E-state index contributed by atoms with van der Waals surface area (Å²) in [5.74, 6) is -1.56. The third kappa shape index (κ3) is 3.69. The number of carbonyl (C=O) groups excluding carboxylic acids is 1. The highest BCUT2D eigenvalue weighted by atomic mass is 19.1. The fourth-order valence-electron chi connectivity index (χ4n) is 2.39. The van der Waals surface area contributed by atoms with Crippen LogP contribution in [-0.4, -0.2) is 23.1 Å². The van der Waals surface area contributed by atoms with E-state index in [1.807, 2.05) is 0 Å². The number of nitrogens with one attached hydrogen (secondary N) is 2. The number of carbonyl (C=O) groups is 2. The number of aliphatic carboxylic acids is 1. The van der Waals surface area contributed by atoms with Crippen molar-refractivity contribution in [3.05, 3.63) is 35.6 Å². The summed E-state index contributed by atoms with van der Waals surface area (Å²) < 4.78 is 13.3. The Labute approximate surface area is 116 Å². The van der Waals surface area contributed by atoms with Crippen molar-refractivity contribution in [2.24, 2.45) is 5.92 Å². The first-order valence-electron chi connectivity index (χ1n) is 6.57. The number of amides is 2. The summed E-state index contributed by atoms with van der Waals surface area (Å²) in [5.41, 5.74) is 0.414. The molecule has 0 radical (unpaired) electrons. The highest BCUT2D eigenvalue weighted by Gasteiger charge is 2.30. The molecule has 108 valence electrons. The number of benzene rings is 1. The molecule has 1 aliphatic carbocycles. The molecule has 5 nitrogen and oxygen atoms in total. The van der Waals surface area contributed by atoms with Crippen LogP contribution in [0.5, 0.6) is 0 Å². The molecule has 0 heterocycles. The van der Waals surface area contributed by atoms with Crippen LogP contribution >= 0.6 is 0 Å². The van der Waals surface area contributed by atoms with Gasteiger partial charge < -0.3 is 15.7 Å². The third-order valence-electron chi connectivity index (χ3n) is 3.51. The molecule has 6 heteroatoms. The van der Waals surface area contributed by atoms with Crippen LogP contribution in [0, 0.1) is 11.7 Å². The van der Waals surface area contributed by atoms with Crippen LogP contribution in [0.25, 0.3) is 0 Å². The van der Waals surface area contributed by atoms with E-state index in [1.54, 1.807) is 18.2 Å². The summed E-state index contributed by atoms with van der Waals surface area (Å²) in [6.45, 7) is 0.105. The first-order valence-corrected chi connectivity index (χ1v) is 6.57. The molecular formula is C14H17FN2O3. The predicted molar refractivity (Wildman–Crippen MR) is 70.5 cm³/mol. The summed E-state index contributed by atoms with van der Waals surface area (Å²) in [7, 11) is 0. The van der Waals surface area contributed by atoms with Crippen LogP contribution in [0.4, 0.5) is 9.18 Å². The molecule has 0 saturated heterocycles. The molecule has 0 spiro atoms. The smallest absolute Gasteiger partial charge is 0.315 e. The standard InChI is InChI=1S/C14H17FN2O3/c15-12-4-2-1-3-10(12)8-16-14(20)17-11-6-5-9(7-11)13(18)19/h1-4,9,11H,5-8H2,(H,18,19)(H2,16,17,20)/t9-,11+/m1/s1. The summed E-state index contributed by atoms with van der Waals surface area (Å²) in [5, 5.41) is 14.2. The van der Waals surface area contributed by atoms with Gasteiger partial charge in [0.2, 0.25) is 0 Å². The average Bonchev–Trinajstić information content (AvgIpc) is 2.86. The zero-order valence-corrected chi connectivity index (χ0v) is 10.9. The molecule has 0 bridgehead atoms. The molecule has 2 rings (SSSR count). The number of halogens is 1. The predicted octanol–water partition coefficient (Wildman–Crippen LogP) is 1.88. The SMILES string of the molecule is O=C(NCc1ccccc1F)N[C@H]1CC[C@@H](C(=O)O)C1. The second-order valence-electron chi connectivity index (χ2n) is 4.96. The van der Waals surface area contributed by atoms with Gasteiger partial charge in [0.1, 0.15) is 5.82 Å². The van der Waals surface area contributed by atoms with E-state index in [2.05, 4.69) is 10.6 Å². The van der Waals surface area contributed by atoms with Gasteiger partial charge >= 0.3 is 12.0 Å². The van der Waals surface area contributed by atoms with E-state index in [0.717, 1.165) is 0 Å². The Morgan fingerprint density at radius 3 is 2.70 bits per heavy atom. The Morgan fingerprint density at radius 1 is 1.30 bits per heavy atom. The Bertz CT molecular complexity index is 507. The topological polar surface area (TPSA) is 78.4 Å². The van der Waals surface area contributed by atoms with Crippen LogP contribution in [-0.2, 0) is 11.3 Å². The van der Waals surface area contributed by atoms with Gasteiger partial charge in [-0.25, -0.2) is 9.18 Å². The van der Waals surface area contributed by atoms with Crippen molar-refractivity contribution >= 4 is 12.0 Å². The van der Waals surface area contributed by atoms with Crippen molar-refractivity contribution in [1.82, 2.24) is 10.6 Å². The summed E-state index contributed by atoms with van der Waals surface area (Å²) >= 11 is 0. The van der Waals surface area contributed by atoms with E-state index in [0.29, 0.717) is 24.8 Å². The number of hydrogen-bond acceptors (Lipinski definition) is 2. The van der Waals surface area contributed by atoms with Crippen LogP contribution < -0.4 is 10.6 Å². The van der Waals surface area contributed by atoms with Crippen molar-refractivity contribution in [3.63, 3.8) is 0 Å². The van der Waals surface area contributed by atoms with Gasteiger partial charge in [0, 0.05) is 18.2 Å². The second kappa shape index (κ2) is 6.36. The van der Waals surface area contributed by atoms with Crippen molar-refractivity contribution in [2.75, 3.05) is 0 Å². The Morgan fingerprint density at radius 2 is 2.05 bits per heavy atom. The molecule has 0 unspecified atom stereocenters. The first-order chi connectivity index (χ1) is 9.56. The summed E-state index contributed by atoms with van der Waals surface area (Å²) in [4.78, 5) is 22.5. The van der Waals surface area contributed by atoms with Gasteiger partial charge in [-0.1, -0.05) is 18.2 Å². The van der Waals surface area contributed by atoms with E-state index in [-0.39, 0.29) is 24.3 Å². The number of carboxylic acid groups (broad SMARTS) is 1. The fraction of sp³-hybridized carbons (Fsp3) is 0.429. The molecule has 1 fully saturated rings. The lowest BCUT2D eigenvalue weighted by Gasteiger charge is -2.13. The van der Waals surface area contributed by atoms with Crippen LogP contribution in [0.3, 0.4) is 0 Å². The monoisotopic (exact) mass is 280 g/mol. The van der Waals surface area contributed by atoms with Gasteiger partial charge in [-0.3, -0.25) is 4.79 Å². The minimum absolute atomic E-state index is 0.105. The lowest BCUT2D eigenvalue weighted by Crippen LogP contribution is -2.41. The normalized spacial score (nSPS) is 21.4. The third-order valence-corrected chi connectivity index (χ3v) is 3.51. The maximum Gasteiger partial charge on any atom is 0.315 e. The average molecular weight is 280 g/mol. The molecule has 1 aliphatic rings. The molecule has 1 aromatic rings. The molecule has 1 aromatic carbocycles. The maximum absolute atomic E-state index is 13.3. The van der Waals surface area contributed by atoms with Crippen molar-refractivity contribution in [3.8, 4) is 0 Å². The largest absolute Gasteiger partial charge is 0.481 e. The number of rotatable bonds is 4. The van der Waals surface area contributed by atoms with E-state index in [1.165, 1.54) is 6.07 Å². The lowest BCUT2D eigenvalue weighted by molar-refractivity contribution is -0.141. The van der Waals surface area contributed by atoms with Crippen LogP contribution in [0.1, 0.15) is 24.8 Å².